The summed E-state index contributed by atoms with van der Waals surface area (Å²) in [5, 5.41) is 8.35. The summed E-state index contributed by atoms with van der Waals surface area (Å²) < 4.78 is 2.27. The highest BCUT2D eigenvalue weighted by Crippen LogP contribution is 2.43. The number of fused-ring (bicyclic) bond motifs is 1. The maximum absolute atomic E-state index is 11.6. The number of hydrogen-bond acceptors (Lipinski definition) is 3. The second-order valence-corrected chi connectivity index (χ2v) is 7.41. The molecule has 7 nitrogen and oxygen atoms in total. The minimum Gasteiger partial charge on any atom is -0.351 e. The number of piperidine rings is 1. The van der Waals surface area contributed by atoms with E-state index in [0.717, 1.165) is 35.3 Å². The highest BCUT2D eigenvalue weighted by Gasteiger charge is 2.30. The maximum atomic E-state index is 11.6. The number of benzene rings is 1. The van der Waals surface area contributed by atoms with E-state index in [0.29, 0.717) is 19.0 Å². The molecule has 1 aliphatic heterocycles. The number of primary amides is 1. The van der Waals surface area contributed by atoms with Gasteiger partial charge in [-0.25, -0.2) is 4.79 Å². The highest BCUT2D eigenvalue weighted by atomic mass is 16.2. The van der Waals surface area contributed by atoms with Crippen LogP contribution in [0.2, 0.25) is 0 Å². The Labute approximate surface area is 168 Å². The van der Waals surface area contributed by atoms with E-state index in [-0.39, 0.29) is 6.03 Å². The number of carbonyl (C=O) groups excluding carboxylic acids is 1. The molecule has 1 aromatic carbocycles. The SMILES string of the molecule is NC(=O)N1CCC(c2c(-c3cn[nH]c3)n(-c3ccccc3)c3cnccc23)CC1. The molecule has 0 radical (unpaired) electrons. The molecule has 0 saturated carbocycles. The van der Waals surface area contributed by atoms with Crippen molar-refractivity contribution in [2.24, 2.45) is 5.73 Å². The van der Waals surface area contributed by atoms with E-state index in [2.05, 4.69) is 37.9 Å². The van der Waals surface area contributed by atoms with Gasteiger partial charge in [-0.1, -0.05) is 18.2 Å². The summed E-state index contributed by atoms with van der Waals surface area (Å²) in [6.45, 7) is 1.35. The fourth-order valence-electron chi connectivity index (χ4n) is 4.47. The zero-order valence-electron chi connectivity index (χ0n) is 16.0. The number of nitrogens with one attached hydrogen (secondary N) is 1. The maximum Gasteiger partial charge on any atom is 0.314 e. The molecule has 3 aromatic heterocycles. The molecule has 1 aliphatic rings. The molecule has 0 atom stereocenters. The summed E-state index contributed by atoms with van der Waals surface area (Å²) in [4.78, 5) is 17.7. The molecule has 4 aromatic rings. The fourth-order valence-corrected chi connectivity index (χ4v) is 4.47. The topological polar surface area (TPSA) is 92.8 Å². The molecule has 29 heavy (non-hydrogen) atoms. The van der Waals surface area contributed by atoms with Gasteiger partial charge in [0.15, 0.2) is 0 Å². The third-order valence-corrected chi connectivity index (χ3v) is 5.81. The van der Waals surface area contributed by atoms with Crippen LogP contribution < -0.4 is 5.73 Å². The van der Waals surface area contributed by atoms with Gasteiger partial charge >= 0.3 is 6.03 Å². The molecule has 1 fully saturated rings. The number of likely N-dealkylation sites (tertiary alicyclic amines) is 1. The Bertz CT molecular complexity index is 1140. The van der Waals surface area contributed by atoms with Gasteiger partial charge in [-0.15, -0.1) is 0 Å². The zero-order chi connectivity index (χ0) is 19.8. The van der Waals surface area contributed by atoms with E-state index in [9.17, 15) is 4.79 Å². The van der Waals surface area contributed by atoms with Crippen LogP contribution in [0.5, 0.6) is 0 Å². The van der Waals surface area contributed by atoms with Gasteiger partial charge < -0.3 is 15.2 Å². The predicted molar refractivity (Wildman–Crippen MR) is 112 cm³/mol. The first-order valence-electron chi connectivity index (χ1n) is 9.81. The van der Waals surface area contributed by atoms with Crippen molar-refractivity contribution in [3.63, 3.8) is 0 Å². The molecule has 0 unspecified atom stereocenters. The quantitative estimate of drug-likeness (QED) is 0.562. The average molecular weight is 386 g/mol. The van der Waals surface area contributed by atoms with Crippen molar-refractivity contribution in [2.45, 2.75) is 18.8 Å². The number of hydrogen-bond donors (Lipinski definition) is 2. The molecule has 0 spiro atoms. The van der Waals surface area contributed by atoms with Crippen LogP contribution in [0.1, 0.15) is 24.3 Å². The lowest BCUT2D eigenvalue weighted by molar-refractivity contribution is 0.191. The summed E-state index contributed by atoms with van der Waals surface area (Å²) in [5.41, 5.74) is 11.1. The van der Waals surface area contributed by atoms with Crippen LogP contribution in [0.3, 0.4) is 0 Å². The summed E-state index contributed by atoms with van der Waals surface area (Å²) >= 11 is 0. The Hall–Kier alpha value is -3.61. The molecule has 2 amide bonds. The Morgan fingerprint density at radius 1 is 1.10 bits per heavy atom. The number of urea groups is 1. The summed E-state index contributed by atoms with van der Waals surface area (Å²) in [6.07, 6.45) is 9.33. The second kappa shape index (κ2) is 7.09. The molecule has 0 aliphatic carbocycles. The number of rotatable bonds is 3. The molecule has 7 heteroatoms. The molecule has 0 bridgehead atoms. The lowest BCUT2D eigenvalue weighted by Gasteiger charge is -2.31. The Morgan fingerprint density at radius 2 is 1.90 bits per heavy atom. The minimum absolute atomic E-state index is 0.324. The zero-order valence-corrected chi connectivity index (χ0v) is 16.0. The third kappa shape index (κ3) is 2.95. The monoisotopic (exact) mass is 386 g/mol. The van der Waals surface area contributed by atoms with Crippen molar-refractivity contribution in [2.75, 3.05) is 13.1 Å². The Balaban J connectivity index is 1.74. The average Bonchev–Trinajstić information content (AvgIpc) is 3.40. The number of carbonyl (C=O) groups is 1. The van der Waals surface area contributed by atoms with Gasteiger partial charge in [0.2, 0.25) is 0 Å². The van der Waals surface area contributed by atoms with Crippen LogP contribution in [0, 0.1) is 0 Å². The van der Waals surface area contributed by atoms with E-state index < -0.39 is 0 Å². The standard InChI is InChI=1S/C22H22N6O/c23-22(29)27-10-7-15(8-11-27)20-18-6-9-24-14-19(18)28(17-4-2-1-3-5-17)21(20)16-12-25-26-13-16/h1-6,9,12-15H,7-8,10-11H2,(H2,23,29)(H,25,26). The van der Waals surface area contributed by atoms with E-state index >= 15 is 0 Å². The first-order valence-corrected chi connectivity index (χ1v) is 9.81. The van der Waals surface area contributed by atoms with Gasteiger partial charge in [-0.3, -0.25) is 10.1 Å². The first-order chi connectivity index (χ1) is 14.2. The van der Waals surface area contributed by atoms with Crippen molar-refractivity contribution in [3.8, 4) is 16.9 Å². The van der Waals surface area contributed by atoms with Gasteiger partial charge in [-0.2, -0.15) is 5.10 Å². The number of H-pyrrole nitrogens is 1. The molecule has 146 valence electrons. The van der Waals surface area contributed by atoms with E-state index in [4.69, 9.17) is 5.73 Å². The Kier molecular flexibility index (Phi) is 4.27. The van der Waals surface area contributed by atoms with Crippen LogP contribution in [-0.2, 0) is 0 Å². The second-order valence-electron chi connectivity index (χ2n) is 7.41. The van der Waals surface area contributed by atoms with Crippen LogP contribution in [0.15, 0.2) is 61.2 Å². The summed E-state index contributed by atoms with van der Waals surface area (Å²) in [6, 6.07) is 12.1. The smallest absolute Gasteiger partial charge is 0.314 e. The van der Waals surface area contributed by atoms with Crippen molar-refractivity contribution in [1.29, 1.82) is 0 Å². The van der Waals surface area contributed by atoms with Crippen LogP contribution >= 0.6 is 0 Å². The number of para-hydroxylation sites is 1. The molecular weight excluding hydrogens is 364 g/mol. The van der Waals surface area contributed by atoms with Crippen molar-refractivity contribution in [1.82, 2.24) is 24.6 Å². The summed E-state index contributed by atoms with van der Waals surface area (Å²) in [5.74, 6) is 0.324. The van der Waals surface area contributed by atoms with Gasteiger partial charge in [-0.05, 0) is 42.5 Å². The number of amides is 2. The van der Waals surface area contributed by atoms with E-state index in [1.165, 1.54) is 10.9 Å². The lowest BCUT2D eigenvalue weighted by Crippen LogP contribution is -2.41. The number of nitrogens with two attached hydrogens (primary N) is 1. The summed E-state index contributed by atoms with van der Waals surface area (Å²) in [7, 11) is 0. The largest absolute Gasteiger partial charge is 0.351 e. The van der Waals surface area contributed by atoms with Gasteiger partial charge in [0.05, 0.1) is 23.6 Å². The fraction of sp³-hybridized carbons (Fsp3) is 0.227. The van der Waals surface area contributed by atoms with Crippen molar-refractivity contribution in [3.05, 3.63) is 66.7 Å². The van der Waals surface area contributed by atoms with Gasteiger partial charge in [0, 0.05) is 42.1 Å². The van der Waals surface area contributed by atoms with Crippen molar-refractivity contribution < 1.29 is 4.79 Å². The van der Waals surface area contributed by atoms with E-state index in [1.54, 1.807) is 4.90 Å². The first kappa shape index (κ1) is 17.5. The molecule has 5 rings (SSSR count). The molecular formula is C22H22N6O. The molecule has 3 N–H and O–H groups in total. The number of pyridine rings is 1. The van der Waals surface area contributed by atoms with Crippen LogP contribution in [-0.4, -0.2) is 43.8 Å². The van der Waals surface area contributed by atoms with Crippen molar-refractivity contribution >= 4 is 16.9 Å². The van der Waals surface area contributed by atoms with Crippen LogP contribution in [0.25, 0.3) is 27.8 Å². The highest BCUT2D eigenvalue weighted by molar-refractivity contribution is 5.93. The van der Waals surface area contributed by atoms with E-state index in [1.807, 2.05) is 43.0 Å². The lowest BCUT2D eigenvalue weighted by atomic mass is 9.86. The van der Waals surface area contributed by atoms with Crippen LogP contribution in [0.4, 0.5) is 4.79 Å². The molecule has 4 heterocycles. The number of nitrogens with zero attached hydrogens (tertiary/aromatic N) is 4. The number of aromatic nitrogens is 4. The molecule has 1 saturated heterocycles. The van der Waals surface area contributed by atoms with Gasteiger partial charge in [0.1, 0.15) is 0 Å². The minimum atomic E-state index is -0.338. The van der Waals surface area contributed by atoms with Gasteiger partial charge in [0.25, 0.3) is 0 Å². The Morgan fingerprint density at radius 3 is 2.59 bits per heavy atom. The number of aromatic amines is 1. The predicted octanol–water partition coefficient (Wildman–Crippen LogP) is 3.67. The normalized spacial score (nSPS) is 15.1. The third-order valence-electron chi connectivity index (χ3n) is 5.81.